The highest BCUT2D eigenvalue weighted by Gasteiger charge is 2.07. The fourth-order valence-corrected chi connectivity index (χ4v) is 2.01. The van der Waals surface area contributed by atoms with E-state index in [1.807, 2.05) is 45.0 Å². The largest absolute Gasteiger partial charge is 0.493 e. The Labute approximate surface area is 137 Å². The Balaban J connectivity index is 0.00000242. The number of methoxy groups -OCH3 is 1. The molecule has 1 aromatic heterocycles. The van der Waals surface area contributed by atoms with E-state index in [-0.39, 0.29) is 18.5 Å². The zero-order chi connectivity index (χ0) is 15.2. The maximum absolute atomic E-state index is 5.70. The average molecular weight is 327 g/mol. The summed E-state index contributed by atoms with van der Waals surface area (Å²) < 4.78 is 16.1. The van der Waals surface area contributed by atoms with Gasteiger partial charge in [0.2, 0.25) is 0 Å². The maximum atomic E-state index is 5.70. The van der Waals surface area contributed by atoms with Crippen LogP contribution in [0.1, 0.15) is 30.9 Å². The van der Waals surface area contributed by atoms with Crippen LogP contribution >= 0.6 is 12.4 Å². The van der Waals surface area contributed by atoms with Crippen molar-refractivity contribution in [3.8, 4) is 11.5 Å². The molecule has 1 heterocycles. The predicted octanol–water partition coefficient (Wildman–Crippen LogP) is 3.49. The van der Waals surface area contributed by atoms with E-state index in [0.29, 0.717) is 6.54 Å². The maximum Gasteiger partial charge on any atom is 0.161 e. The molecule has 1 aromatic carbocycles. The topological polar surface area (TPSA) is 56.5 Å². The Bertz CT molecular complexity index is 585. The SMILES string of the molecule is COc1cc(CNCc2cc(C)on2)ccc1OC(C)C.Cl. The number of ether oxygens (including phenoxy) is 2. The number of benzene rings is 1. The van der Waals surface area contributed by atoms with Crippen LogP contribution in [0, 0.1) is 6.92 Å². The molecule has 122 valence electrons. The Morgan fingerprint density at radius 3 is 2.55 bits per heavy atom. The molecule has 0 fully saturated rings. The molecule has 0 amide bonds. The molecule has 0 saturated carbocycles. The van der Waals surface area contributed by atoms with Gasteiger partial charge in [0.15, 0.2) is 11.5 Å². The van der Waals surface area contributed by atoms with E-state index in [9.17, 15) is 0 Å². The molecule has 22 heavy (non-hydrogen) atoms. The summed E-state index contributed by atoms with van der Waals surface area (Å²) in [5.74, 6) is 2.34. The van der Waals surface area contributed by atoms with Gasteiger partial charge in [-0.3, -0.25) is 0 Å². The third kappa shape index (κ3) is 5.24. The molecule has 2 aromatic rings. The molecule has 0 aliphatic carbocycles. The zero-order valence-electron chi connectivity index (χ0n) is 13.4. The van der Waals surface area contributed by atoms with Gasteiger partial charge in [-0.15, -0.1) is 12.4 Å². The smallest absolute Gasteiger partial charge is 0.161 e. The van der Waals surface area contributed by atoms with Crippen molar-refractivity contribution >= 4 is 12.4 Å². The first-order valence-electron chi connectivity index (χ1n) is 7.05. The Hall–Kier alpha value is -1.72. The van der Waals surface area contributed by atoms with Crippen LogP contribution in [-0.4, -0.2) is 18.4 Å². The second-order valence-electron chi connectivity index (χ2n) is 5.18. The highest BCUT2D eigenvalue weighted by molar-refractivity contribution is 5.85. The van der Waals surface area contributed by atoms with Gasteiger partial charge in [0, 0.05) is 19.2 Å². The Morgan fingerprint density at radius 2 is 1.95 bits per heavy atom. The van der Waals surface area contributed by atoms with E-state index in [4.69, 9.17) is 14.0 Å². The summed E-state index contributed by atoms with van der Waals surface area (Å²) in [6.07, 6.45) is 0.123. The molecule has 5 nitrogen and oxygen atoms in total. The lowest BCUT2D eigenvalue weighted by atomic mass is 10.2. The van der Waals surface area contributed by atoms with Gasteiger partial charge >= 0.3 is 0 Å². The summed E-state index contributed by atoms with van der Waals surface area (Å²) in [5, 5.41) is 7.27. The number of hydrogen-bond acceptors (Lipinski definition) is 5. The molecular weight excluding hydrogens is 304 g/mol. The van der Waals surface area contributed by atoms with Crippen molar-refractivity contribution in [1.29, 1.82) is 0 Å². The van der Waals surface area contributed by atoms with E-state index in [1.165, 1.54) is 0 Å². The zero-order valence-corrected chi connectivity index (χ0v) is 14.2. The number of halogens is 1. The lowest BCUT2D eigenvalue weighted by Crippen LogP contribution is -2.13. The van der Waals surface area contributed by atoms with Crippen LogP contribution in [0.2, 0.25) is 0 Å². The normalized spacial score (nSPS) is 10.4. The van der Waals surface area contributed by atoms with Gasteiger partial charge in [0.25, 0.3) is 0 Å². The first kappa shape index (κ1) is 18.3. The molecule has 0 saturated heterocycles. The second kappa shape index (κ2) is 8.66. The lowest BCUT2D eigenvalue weighted by molar-refractivity contribution is 0.230. The molecule has 6 heteroatoms. The molecule has 0 unspecified atom stereocenters. The van der Waals surface area contributed by atoms with Crippen LogP contribution in [0.25, 0.3) is 0 Å². The van der Waals surface area contributed by atoms with Crippen LogP contribution in [0.4, 0.5) is 0 Å². The highest BCUT2D eigenvalue weighted by atomic mass is 35.5. The average Bonchev–Trinajstić information content (AvgIpc) is 2.85. The van der Waals surface area contributed by atoms with Gasteiger partial charge < -0.3 is 19.3 Å². The van der Waals surface area contributed by atoms with Gasteiger partial charge in [-0.2, -0.15) is 0 Å². The number of hydrogen-bond donors (Lipinski definition) is 1. The number of nitrogens with zero attached hydrogens (tertiary/aromatic N) is 1. The molecular formula is C16H23ClN2O3. The number of aromatic nitrogens is 1. The number of nitrogens with one attached hydrogen (secondary N) is 1. The summed E-state index contributed by atoms with van der Waals surface area (Å²) in [7, 11) is 1.65. The van der Waals surface area contributed by atoms with Crippen LogP contribution < -0.4 is 14.8 Å². The molecule has 0 radical (unpaired) electrons. The van der Waals surface area contributed by atoms with Crippen LogP contribution in [-0.2, 0) is 13.1 Å². The molecule has 0 aliphatic rings. The van der Waals surface area contributed by atoms with Gasteiger partial charge in [-0.25, -0.2) is 0 Å². The quantitative estimate of drug-likeness (QED) is 0.844. The standard InChI is InChI=1S/C16H22N2O3.ClH/c1-11(2)20-15-6-5-13(8-16(15)19-4)9-17-10-14-7-12(3)21-18-14;/h5-8,11,17H,9-10H2,1-4H3;1H. The third-order valence-electron chi connectivity index (χ3n) is 2.90. The molecule has 0 spiro atoms. The Kier molecular flexibility index (Phi) is 7.21. The van der Waals surface area contributed by atoms with Crippen molar-refractivity contribution in [1.82, 2.24) is 10.5 Å². The van der Waals surface area contributed by atoms with E-state index in [2.05, 4.69) is 10.5 Å². The number of rotatable bonds is 7. The van der Waals surface area contributed by atoms with E-state index in [1.54, 1.807) is 7.11 Å². The van der Waals surface area contributed by atoms with Crippen molar-refractivity contribution in [3.63, 3.8) is 0 Å². The van der Waals surface area contributed by atoms with E-state index >= 15 is 0 Å². The minimum atomic E-state index is 0. The van der Waals surface area contributed by atoms with E-state index < -0.39 is 0 Å². The number of aryl methyl sites for hydroxylation is 1. The molecule has 1 N–H and O–H groups in total. The third-order valence-corrected chi connectivity index (χ3v) is 2.90. The minimum absolute atomic E-state index is 0. The van der Waals surface area contributed by atoms with Crippen molar-refractivity contribution in [2.24, 2.45) is 0 Å². The molecule has 0 bridgehead atoms. The summed E-state index contributed by atoms with van der Waals surface area (Å²) in [6, 6.07) is 7.88. The van der Waals surface area contributed by atoms with Gasteiger partial charge in [0.1, 0.15) is 5.76 Å². The van der Waals surface area contributed by atoms with Gasteiger partial charge in [-0.05, 0) is 38.5 Å². The lowest BCUT2D eigenvalue weighted by Gasteiger charge is -2.14. The molecule has 0 aliphatic heterocycles. The predicted molar refractivity (Wildman–Crippen MR) is 87.8 cm³/mol. The first-order valence-corrected chi connectivity index (χ1v) is 7.05. The molecule has 0 atom stereocenters. The summed E-state index contributed by atoms with van der Waals surface area (Å²) in [4.78, 5) is 0. The second-order valence-corrected chi connectivity index (χ2v) is 5.18. The first-order chi connectivity index (χ1) is 10.1. The monoisotopic (exact) mass is 326 g/mol. The Morgan fingerprint density at radius 1 is 1.18 bits per heavy atom. The van der Waals surface area contributed by atoms with Crippen molar-refractivity contribution < 1.29 is 14.0 Å². The van der Waals surface area contributed by atoms with Crippen molar-refractivity contribution in [2.45, 2.75) is 40.0 Å². The minimum Gasteiger partial charge on any atom is -0.493 e. The van der Waals surface area contributed by atoms with E-state index in [0.717, 1.165) is 35.1 Å². The fourth-order valence-electron chi connectivity index (χ4n) is 2.01. The van der Waals surface area contributed by atoms with Crippen molar-refractivity contribution in [3.05, 3.63) is 41.3 Å². The summed E-state index contributed by atoms with van der Waals surface area (Å²) in [5.41, 5.74) is 2.03. The van der Waals surface area contributed by atoms with Crippen LogP contribution in [0.5, 0.6) is 11.5 Å². The molecule has 2 rings (SSSR count). The highest BCUT2D eigenvalue weighted by Crippen LogP contribution is 2.28. The van der Waals surface area contributed by atoms with Crippen LogP contribution in [0.3, 0.4) is 0 Å². The summed E-state index contributed by atoms with van der Waals surface area (Å²) >= 11 is 0. The van der Waals surface area contributed by atoms with Crippen molar-refractivity contribution in [2.75, 3.05) is 7.11 Å². The van der Waals surface area contributed by atoms with Gasteiger partial charge in [0.05, 0.1) is 18.9 Å². The van der Waals surface area contributed by atoms with Gasteiger partial charge in [-0.1, -0.05) is 11.2 Å². The van der Waals surface area contributed by atoms with Crippen LogP contribution in [0.15, 0.2) is 28.8 Å². The summed E-state index contributed by atoms with van der Waals surface area (Å²) in [6.45, 7) is 7.27. The fraction of sp³-hybridized carbons (Fsp3) is 0.438.